The van der Waals surface area contributed by atoms with Gasteiger partial charge in [0, 0.05) is 5.92 Å². The number of aromatic hydroxyl groups is 2. The summed E-state index contributed by atoms with van der Waals surface area (Å²) >= 11 is 0. The molecule has 0 radical (unpaired) electrons. The Hall–Kier alpha value is -2.68. The van der Waals surface area contributed by atoms with Crippen molar-refractivity contribution in [3.63, 3.8) is 0 Å². The normalized spacial score (nSPS) is 36.7. The number of phenols is 2. The second-order valence-corrected chi connectivity index (χ2v) is 9.68. The number of hydrogen-bond donors (Lipinski definition) is 6. The lowest BCUT2D eigenvalue weighted by molar-refractivity contribution is -0.333. The standard InChI is InChI=1S/C26H32O12/c1-33-17-6-4-12(7-16(17)29)23-14-10-35-24(13-3-5-15(28)18(8-13)34-2)26(14,11-36-23)38-25-22(32)21(31)20(30)19(9-27)37-25/h3-8,14,19-25,27-32H,9-11H2,1-2H3/t14-,19+,20+,21-,22+,23+,24-,25+,26-/m1/s1. The lowest BCUT2D eigenvalue weighted by Gasteiger charge is -2.44. The molecule has 3 aliphatic heterocycles. The monoisotopic (exact) mass is 536 g/mol. The molecule has 3 aliphatic rings. The molecule has 5 rings (SSSR count). The van der Waals surface area contributed by atoms with Crippen LogP contribution in [-0.4, -0.2) is 101 Å². The fourth-order valence-corrected chi connectivity index (χ4v) is 5.55. The summed E-state index contributed by atoms with van der Waals surface area (Å²) in [5.41, 5.74) is -0.0516. The number of benzene rings is 2. The summed E-state index contributed by atoms with van der Waals surface area (Å²) in [5.74, 6) is -0.100. The third kappa shape index (κ3) is 4.36. The smallest absolute Gasteiger partial charge is 0.187 e. The molecule has 2 aromatic rings. The van der Waals surface area contributed by atoms with Gasteiger partial charge in [0.2, 0.25) is 0 Å². The zero-order valence-electron chi connectivity index (χ0n) is 20.8. The maximum atomic E-state index is 10.7. The molecule has 0 aliphatic carbocycles. The van der Waals surface area contributed by atoms with Crippen LogP contribution in [-0.2, 0) is 18.9 Å². The summed E-state index contributed by atoms with van der Waals surface area (Å²) < 4.78 is 34.9. The second kappa shape index (κ2) is 10.5. The van der Waals surface area contributed by atoms with Crippen molar-refractivity contribution in [2.75, 3.05) is 34.0 Å². The van der Waals surface area contributed by atoms with Crippen LogP contribution in [0.25, 0.3) is 0 Å². The van der Waals surface area contributed by atoms with Crippen molar-refractivity contribution in [3.05, 3.63) is 47.5 Å². The minimum absolute atomic E-state index is 0.0298. The molecule has 12 heteroatoms. The van der Waals surface area contributed by atoms with Crippen LogP contribution in [0.4, 0.5) is 0 Å². The van der Waals surface area contributed by atoms with Crippen molar-refractivity contribution in [2.45, 2.75) is 48.5 Å². The van der Waals surface area contributed by atoms with Crippen molar-refractivity contribution in [2.24, 2.45) is 5.92 Å². The van der Waals surface area contributed by atoms with E-state index >= 15 is 0 Å². The highest BCUT2D eigenvalue weighted by atomic mass is 16.7. The molecule has 0 aromatic heterocycles. The molecule has 2 aromatic carbocycles. The average molecular weight is 537 g/mol. The maximum Gasteiger partial charge on any atom is 0.187 e. The molecule has 0 bridgehead atoms. The molecular weight excluding hydrogens is 504 g/mol. The van der Waals surface area contributed by atoms with Gasteiger partial charge in [0.25, 0.3) is 0 Å². The summed E-state index contributed by atoms with van der Waals surface area (Å²) in [6, 6.07) is 9.61. The number of hydrogen-bond acceptors (Lipinski definition) is 12. The van der Waals surface area contributed by atoms with Crippen LogP contribution in [0.5, 0.6) is 23.0 Å². The third-order valence-electron chi connectivity index (χ3n) is 7.59. The number of aliphatic hydroxyl groups is 4. The van der Waals surface area contributed by atoms with Gasteiger partial charge in [-0.3, -0.25) is 0 Å². The van der Waals surface area contributed by atoms with E-state index in [1.165, 1.54) is 26.4 Å². The fraction of sp³-hybridized carbons (Fsp3) is 0.538. The SMILES string of the molecule is COc1ccc([C@@H]2OC[C@]3(O[C@@H]4O[C@@H](CO)[C@H](O)[C@@H](O)[C@@H]4O)[C@@H](c4ccc(O)c(OC)c4)OC[C@H]23)cc1O. The molecule has 6 N–H and O–H groups in total. The van der Waals surface area contributed by atoms with Crippen LogP contribution in [0.1, 0.15) is 23.3 Å². The van der Waals surface area contributed by atoms with Gasteiger partial charge < -0.3 is 59.1 Å². The maximum absolute atomic E-state index is 10.7. The first-order chi connectivity index (χ1) is 18.2. The van der Waals surface area contributed by atoms with Crippen LogP contribution in [0.3, 0.4) is 0 Å². The van der Waals surface area contributed by atoms with Gasteiger partial charge in [-0.05, 0) is 35.4 Å². The molecule has 3 fully saturated rings. The molecule has 0 unspecified atom stereocenters. The molecule has 38 heavy (non-hydrogen) atoms. The van der Waals surface area contributed by atoms with E-state index in [1.807, 2.05) is 0 Å². The van der Waals surface area contributed by atoms with Gasteiger partial charge in [-0.15, -0.1) is 0 Å². The van der Waals surface area contributed by atoms with E-state index in [2.05, 4.69) is 0 Å². The van der Waals surface area contributed by atoms with Crippen molar-refractivity contribution in [1.29, 1.82) is 0 Å². The Bertz CT molecular complexity index is 1140. The Morgan fingerprint density at radius 3 is 2.29 bits per heavy atom. The number of rotatable bonds is 7. The van der Waals surface area contributed by atoms with E-state index in [0.717, 1.165) is 0 Å². The number of aliphatic hydroxyl groups excluding tert-OH is 4. The Balaban J connectivity index is 1.53. The predicted octanol–water partition coefficient (Wildman–Crippen LogP) is 0.129. The lowest BCUT2D eigenvalue weighted by atomic mass is 9.80. The Morgan fingerprint density at radius 1 is 0.868 bits per heavy atom. The Kier molecular flexibility index (Phi) is 7.42. The van der Waals surface area contributed by atoms with Gasteiger partial charge in [0.1, 0.15) is 36.1 Å². The topological polar surface area (TPSA) is 177 Å². The van der Waals surface area contributed by atoms with Crippen LogP contribution >= 0.6 is 0 Å². The lowest BCUT2D eigenvalue weighted by Crippen LogP contribution is -2.61. The van der Waals surface area contributed by atoms with Crippen molar-refractivity contribution in [1.82, 2.24) is 0 Å². The average Bonchev–Trinajstić information content (AvgIpc) is 3.46. The Morgan fingerprint density at radius 2 is 1.61 bits per heavy atom. The highest BCUT2D eigenvalue weighted by molar-refractivity contribution is 5.45. The van der Waals surface area contributed by atoms with Crippen molar-refractivity contribution in [3.8, 4) is 23.0 Å². The highest BCUT2D eigenvalue weighted by Gasteiger charge is 2.63. The van der Waals surface area contributed by atoms with Gasteiger partial charge in [0.15, 0.2) is 29.3 Å². The highest BCUT2D eigenvalue weighted by Crippen LogP contribution is 2.56. The minimum Gasteiger partial charge on any atom is -0.504 e. The van der Waals surface area contributed by atoms with E-state index in [4.69, 9.17) is 28.4 Å². The number of methoxy groups -OCH3 is 2. The predicted molar refractivity (Wildman–Crippen MR) is 128 cm³/mol. The fourth-order valence-electron chi connectivity index (χ4n) is 5.55. The molecule has 0 spiro atoms. The van der Waals surface area contributed by atoms with E-state index < -0.39 is 61.0 Å². The summed E-state index contributed by atoms with van der Waals surface area (Å²) in [6.07, 6.45) is -8.81. The minimum atomic E-state index is -1.64. The number of ether oxygens (including phenoxy) is 6. The second-order valence-electron chi connectivity index (χ2n) is 9.68. The molecular formula is C26H32O12. The summed E-state index contributed by atoms with van der Waals surface area (Å²) in [6.45, 7) is -0.485. The first-order valence-electron chi connectivity index (χ1n) is 12.2. The molecule has 0 amide bonds. The summed E-state index contributed by atoms with van der Waals surface area (Å²) in [5, 5.41) is 61.4. The van der Waals surface area contributed by atoms with Crippen LogP contribution < -0.4 is 9.47 Å². The third-order valence-corrected chi connectivity index (χ3v) is 7.59. The van der Waals surface area contributed by atoms with Gasteiger partial charge in [0.05, 0.1) is 40.1 Å². The van der Waals surface area contributed by atoms with Crippen molar-refractivity contribution < 1.29 is 59.1 Å². The number of phenolic OH excluding ortho intramolecular Hbond substituents is 2. The Labute approximate surface area is 218 Å². The molecule has 12 nitrogen and oxygen atoms in total. The zero-order chi connectivity index (χ0) is 27.2. The van der Waals surface area contributed by atoms with E-state index in [-0.39, 0.29) is 30.5 Å². The van der Waals surface area contributed by atoms with Gasteiger partial charge in [-0.1, -0.05) is 12.1 Å². The summed E-state index contributed by atoms with van der Waals surface area (Å²) in [4.78, 5) is 0. The van der Waals surface area contributed by atoms with E-state index in [9.17, 15) is 30.6 Å². The van der Waals surface area contributed by atoms with Gasteiger partial charge in [-0.2, -0.15) is 0 Å². The number of fused-ring (bicyclic) bond motifs is 1. The molecule has 0 saturated carbocycles. The van der Waals surface area contributed by atoms with Gasteiger partial charge in [-0.25, -0.2) is 0 Å². The largest absolute Gasteiger partial charge is 0.504 e. The van der Waals surface area contributed by atoms with E-state index in [0.29, 0.717) is 16.9 Å². The quantitative estimate of drug-likeness (QED) is 0.282. The first kappa shape index (κ1) is 26.9. The van der Waals surface area contributed by atoms with Gasteiger partial charge >= 0.3 is 0 Å². The molecule has 9 atom stereocenters. The molecule has 208 valence electrons. The molecule has 3 heterocycles. The van der Waals surface area contributed by atoms with Crippen LogP contribution in [0.15, 0.2) is 36.4 Å². The van der Waals surface area contributed by atoms with Crippen LogP contribution in [0, 0.1) is 5.92 Å². The van der Waals surface area contributed by atoms with E-state index in [1.54, 1.807) is 24.3 Å². The summed E-state index contributed by atoms with van der Waals surface area (Å²) in [7, 11) is 2.86. The van der Waals surface area contributed by atoms with Crippen LogP contribution in [0.2, 0.25) is 0 Å². The van der Waals surface area contributed by atoms with Crippen molar-refractivity contribution >= 4 is 0 Å². The molecule has 3 saturated heterocycles. The zero-order valence-corrected chi connectivity index (χ0v) is 20.8. The first-order valence-corrected chi connectivity index (χ1v) is 12.2.